The van der Waals surface area contributed by atoms with Gasteiger partial charge in [-0.05, 0) is 44.7 Å². The number of rotatable bonds is 2. The van der Waals surface area contributed by atoms with Gasteiger partial charge in [-0.15, -0.1) is 24.0 Å². The molecule has 2 aliphatic rings. The Balaban J connectivity index is 0.000000720. The first-order chi connectivity index (χ1) is 5.42. The van der Waals surface area contributed by atoms with Gasteiger partial charge in [0.15, 0.2) is 0 Å². The first-order valence-corrected chi connectivity index (χ1v) is 5.25. The van der Waals surface area contributed by atoms with Crippen molar-refractivity contribution >= 4 is 24.0 Å². The maximum Gasteiger partial charge on any atom is 0.0226 e. The molecule has 3 heteroatoms. The van der Waals surface area contributed by atoms with Crippen molar-refractivity contribution in [2.45, 2.75) is 31.7 Å². The molecule has 0 amide bonds. The molecule has 2 saturated heterocycles. The SMILES string of the molecule is Cl.ClCCC1CCN2CCCC12. The van der Waals surface area contributed by atoms with E-state index < -0.39 is 0 Å². The molecule has 0 aromatic carbocycles. The van der Waals surface area contributed by atoms with Crippen LogP contribution < -0.4 is 0 Å². The average Bonchev–Trinajstić information content (AvgIpc) is 2.53. The summed E-state index contributed by atoms with van der Waals surface area (Å²) < 4.78 is 0. The van der Waals surface area contributed by atoms with Crippen molar-refractivity contribution in [1.82, 2.24) is 4.90 Å². The lowest BCUT2D eigenvalue weighted by Crippen LogP contribution is -2.26. The highest BCUT2D eigenvalue weighted by Crippen LogP contribution is 2.34. The number of hydrogen-bond acceptors (Lipinski definition) is 1. The highest BCUT2D eigenvalue weighted by molar-refractivity contribution is 6.17. The van der Waals surface area contributed by atoms with Crippen molar-refractivity contribution in [2.24, 2.45) is 5.92 Å². The molecule has 2 rings (SSSR count). The van der Waals surface area contributed by atoms with Gasteiger partial charge in [-0.3, -0.25) is 0 Å². The molecular formula is C9H17Cl2N. The van der Waals surface area contributed by atoms with Crippen LogP contribution in [0.4, 0.5) is 0 Å². The Morgan fingerprint density at radius 3 is 2.83 bits per heavy atom. The molecule has 0 aliphatic carbocycles. The standard InChI is InChI=1S/C9H16ClN.ClH/c10-5-3-8-4-7-11-6-1-2-9(8)11;/h8-9H,1-7H2;1H. The van der Waals surface area contributed by atoms with E-state index in [1.54, 1.807) is 0 Å². The fourth-order valence-electron chi connectivity index (χ4n) is 2.66. The van der Waals surface area contributed by atoms with Crippen LogP contribution in [-0.4, -0.2) is 29.9 Å². The van der Waals surface area contributed by atoms with Crippen LogP contribution in [0.25, 0.3) is 0 Å². The highest BCUT2D eigenvalue weighted by Gasteiger charge is 2.36. The van der Waals surface area contributed by atoms with Crippen LogP contribution in [0.3, 0.4) is 0 Å². The number of fused-ring (bicyclic) bond motifs is 1. The zero-order valence-electron chi connectivity index (χ0n) is 7.34. The van der Waals surface area contributed by atoms with E-state index in [1.165, 1.54) is 38.8 Å². The predicted octanol–water partition coefficient (Wildman–Crippen LogP) is 2.52. The summed E-state index contributed by atoms with van der Waals surface area (Å²) in [4.78, 5) is 2.65. The molecule has 0 spiro atoms. The zero-order chi connectivity index (χ0) is 7.68. The minimum Gasteiger partial charge on any atom is -0.300 e. The van der Waals surface area contributed by atoms with Crippen LogP contribution in [0.2, 0.25) is 0 Å². The normalized spacial score (nSPS) is 34.8. The second-order valence-corrected chi connectivity index (χ2v) is 4.15. The van der Waals surface area contributed by atoms with Crippen LogP contribution in [0.15, 0.2) is 0 Å². The van der Waals surface area contributed by atoms with Gasteiger partial charge in [-0.1, -0.05) is 0 Å². The minimum absolute atomic E-state index is 0. The highest BCUT2D eigenvalue weighted by atomic mass is 35.5. The zero-order valence-corrected chi connectivity index (χ0v) is 8.91. The van der Waals surface area contributed by atoms with Crippen LogP contribution in [0.1, 0.15) is 25.7 Å². The molecule has 2 heterocycles. The fraction of sp³-hybridized carbons (Fsp3) is 1.00. The van der Waals surface area contributed by atoms with Crippen molar-refractivity contribution < 1.29 is 0 Å². The van der Waals surface area contributed by atoms with Crippen LogP contribution >= 0.6 is 24.0 Å². The lowest BCUT2D eigenvalue weighted by Gasteiger charge is -2.18. The van der Waals surface area contributed by atoms with Crippen LogP contribution in [0, 0.1) is 5.92 Å². The van der Waals surface area contributed by atoms with E-state index >= 15 is 0 Å². The first kappa shape index (κ1) is 10.6. The molecule has 0 bridgehead atoms. The van der Waals surface area contributed by atoms with Gasteiger partial charge >= 0.3 is 0 Å². The Morgan fingerprint density at radius 1 is 1.25 bits per heavy atom. The fourth-order valence-corrected chi connectivity index (χ4v) is 2.94. The second-order valence-electron chi connectivity index (χ2n) is 3.77. The van der Waals surface area contributed by atoms with Crippen molar-refractivity contribution in [3.63, 3.8) is 0 Å². The molecule has 2 unspecified atom stereocenters. The summed E-state index contributed by atoms with van der Waals surface area (Å²) in [6, 6.07) is 0.911. The van der Waals surface area contributed by atoms with Crippen molar-refractivity contribution in [3.8, 4) is 0 Å². The number of halogens is 2. The van der Waals surface area contributed by atoms with Gasteiger partial charge in [0, 0.05) is 11.9 Å². The van der Waals surface area contributed by atoms with Gasteiger partial charge in [0.25, 0.3) is 0 Å². The van der Waals surface area contributed by atoms with Crippen molar-refractivity contribution in [3.05, 3.63) is 0 Å². The molecule has 1 nitrogen and oxygen atoms in total. The molecule has 2 aliphatic heterocycles. The summed E-state index contributed by atoms with van der Waals surface area (Å²) >= 11 is 5.75. The number of alkyl halides is 1. The van der Waals surface area contributed by atoms with E-state index in [-0.39, 0.29) is 12.4 Å². The Morgan fingerprint density at radius 2 is 2.08 bits per heavy atom. The van der Waals surface area contributed by atoms with E-state index in [0.717, 1.165) is 17.8 Å². The Bertz CT molecular complexity index is 138. The minimum atomic E-state index is 0. The lowest BCUT2D eigenvalue weighted by atomic mass is 9.96. The molecule has 72 valence electrons. The van der Waals surface area contributed by atoms with E-state index in [1.807, 2.05) is 0 Å². The van der Waals surface area contributed by atoms with Crippen LogP contribution in [0.5, 0.6) is 0 Å². The van der Waals surface area contributed by atoms with E-state index in [0.29, 0.717) is 0 Å². The van der Waals surface area contributed by atoms with E-state index in [4.69, 9.17) is 11.6 Å². The number of nitrogens with zero attached hydrogens (tertiary/aromatic N) is 1. The molecular weight excluding hydrogens is 193 g/mol. The maximum atomic E-state index is 5.75. The van der Waals surface area contributed by atoms with Gasteiger partial charge in [-0.2, -0.15) is 0 Å². The summed E-state index contributed by atoms with van der Waals surface area (Å²) in [6.07, 6.45) is 5.49. The molecule has 12 heavy (non-hydrogen) atoms. The quantitative estimate of drug-likeness (QED) is 0.633. The van der Waals surface area contributed by atoms with Crippen molar-refractivity contribution in [2.75, 3.05) is 19.0 Å². The predicted molar refractivity (Wildman–Crippen MR) is 55.3 cm³/mol. The molecule has 0 saturated carbocycles. The molecule has 0 radical (unpaired) electrons. The van der Waals surface area contributed by atoms with Crippen LogP contribution in [-0.2, 0) is 0 Å². The number of hydrogen-bond donors (Lipinski definition) is 0. The molecule has 2 atom stereocenters. The van der Waals surface area contributed by atoms with Gasteiger partial charge in [-0.25, -0.2) is 0 Å². The van der Waals surface area contributed by atoms with Gasteiger partial charge in [0.1, 0.15) is 0 Å². The topological polar surface area (TPSA) is 3.24 Å². The third-order valence-corrected chi connectivity index (χ3v) is 3.44. The average molecular weight is 210 g/mol. The summed E-state index contributed by atoms with van der Waals surface area (Å²) in [6.45, 7) is 2.69. The Kier molecular flexibility index (Phi) is 4.15. The maximum absolute atomic E-state index is 5.75. The molecule has 2 fully saturated rings. The summed E-state index contributed by atoms with van der Waals surface area (Å²) in [5, 5.41) is 0. The Labute approximate surface area is 85.9 Å². The third kappa shape index (κ3) is 1.89. The first-order valence-electron chi connectivity index (χ1n) is 4.72. The van der Waals surface area contributed by atoms with Gasteiger partial charge < -0.3 is 4.90 Å². The van der Waals surface area contributed by atoms with E-state index in [2.05, 4.69) is 4.90 Å². The smallest absolute Gasteiger partial charge is 0.0226 e. The summed E-state index contributed by atoms with van der Waals surface area (Å²) in [5.74, 6) is 1.78. The van der Waals surface area contributed by atoms with Crippen molar-refractivity contribution in [1.29, 1.82) is 0 Å². The van der Waals surface area contributed by atoms with E-state index in [9.17, 15) is 0 Å². The monoisotopic (exact) mass is 209 g/mol. The largest absolute Gasteiger partial charge is 0.300 e. The van der Waals surface area contributed by atoms with Gasteiger partial charge in [0.05, 0.1) is 0 Å². The summed E-state index contributed by atoms with van der Waals surface area (Å²) in [5.41, 5.74) is 0. The summed E-state index contributed by atoms with van der Waals surface area (Å²) in [7, 11) is 0. The second kappa shape index (κ2) is 4.69. The molecule has 0 aromatic heterocycles. The molecule has 0 aromatic rings. The lowest BCUT2D eigenvalue weighted by molar-refractivity contribution is 0.288. The van der Waals surface area contributed by atoms with Gasteiger partial charge in [0.2, 0.25) is 0 Å². The molecule has 0 N–H and O–H groups in total. The Hall–Kier alpha value is 0.540. The third-order valence-electron chi connectivity index (χ3n) is 3.23.